The summed E-state index contributed by atoms with van der Waals surface area (Å²) >= 11 is 0. The highest BCUT2D eigenvalue weighted by Gasteiger charge is 2.36. The molecule has 12 heteroatoms. The van der Waals surface area contributed by atoms with E-state index in [9.17, 15) is 28.8 Å². The van der Waals surface area contributed by atoms with Gasteiger partial charge in [0.25, 0.3) is 17.7 Å². The first-order valence-electron chi connectivity index (χ1n) is 13.0. The summed E-state index contributed by atoms with van der Waals surface area (Å²) in [6.45, 7) is 2.14. The van der Waals surface area contributed by atoms with Crippen LogP contribution in [0.15, 0.2) is 36.4 Å². The number of hydrogen-bond acceptors (Lipinski definition) is 8. The van der Waals surface area contributed by atoms with Gasteiger partial charge in [-0.25, -0.2) is 4.79 Å². The zero-order valence-corrected chi connectivity index (χ0v) is 22.2. The topological polar surface area (TPSA) is 160 Å². The Morgan fingerprint density at radius 3 is 2.40 bits per heavy atom. The Kier molecular flexibility index (Phi) is 8.77. The van der Waals surface area contributed by atoms with E-state index in [-0.39, 0.29) is 50.0 Å². The van der Waals surface area contributed by atoms with Crippen molar-refractivity contribution >= 4 is 41.4 Å². The van der Waals surface area contributed by atoms with E-state index in [1.165, 1.54) is 7.05 Å². The average molecular weight is 551 g/mol. The van der Waals surface area contributed by atoms with E-state index >= 15 is 0 Å². The minimum absolute atomic E-state index is 0.0435. The molecule has 0 saturated carbocycles. The number of hydrogen-bond donors (Lipinski definition) is 3. The van der Waals surface area contributed by atoms with Crippen LogP contribution in [0.3, 0.4) is 0 Å². The smallest absolute Gasteiger partial charge is 0.432 e. The number of fused-ring (bicyclic) bond motifs is 3. The van der Waals surface area contributed by atoms with Crippen molar-refractivity contribution in [3.05, 3.63) is 53.1 Å². The molecular weight excluding hydrogens is 520 g/mol. The van der Waals surface area contributed by atoms with E-state index in [4.69, 9.17) is 9.57 Å². The van der Waals surface area contributed by atoms with E-state index < -0.39 is 23.9 Å². The van der Waals surface area contributed by atoms with Crippen LogP contribution in [0.1, 0.15) is 66.4 Å². The molecular formula is C28H30N4O8. The highest BCUT2D eigenvalue weighted by molar-refractivity contribution is 6.04. The molecule has 1 aliphatic heterocycles. The number of anilines is 1. The number of benzene rings is 2. The fraction of sp³-hybridized carbons (Fsp3) is 0.357. The zero-order valence-electron chi connectivity index (χ0n) is 22.2. The maximum Gasteiger partial charge on any atom is 0.533 e. The van der Waals surface area contributed by atoms with E-state index in [1.807, 2.05) is 13.0 Å². The van der Waals surface area contributed by atoms with Crippen LogP contribution in [0.5, 0.6) is 0 Å². The van der Waals surface area contributed by atoms with Crippen LogP contribution < -0.4 is 16.0 Å². The molecule has 2 aliphatic rings. The van der Waals surface area contributed by atoms with Crippen LogP contribution in [0.4, 0.5) is 10.5 Å². The Balaban J connectivity index is 1.54. The monoisotopic (exact) mass is 550 g/mol. The number of rotatable bonds is 10. The van der Waals surface area contributed by atoms with Gasteiger partial charge in [-0.2, -0.15) is 0 Å². The number of ether oxygens (including phenoxy) is 1. The van der Waals surface area contributed by atoms with Crippen molar-refractivity contribution in [1.82, 2.24) is 15.7 Å². The number of imide groups is 1. The lowest BCUT2D eigenvalue weighted by atomic mass is 9.96. The second-order valence-electron chi connectivity index (χ2n) is 9.29. The average Bonchev–Trinajstić information content (AvgIpc) is 3.42. The minimum atomic E-state index is -1.21. The molecule has 1 saturated heterocycles. The lowest BCUT2D eigenvalue weighted by Gasteiger charge is -2.17. The van der Waals surface area contributed by atoms with Crippen LogP contribution in [-0.2, 0) is 28.8 Å². The van der Waals surface area contributed by atoms with Crippen LogP contribution in [-0.4, -0.2) is 61.0 Å². The number of amides is 5. The molecule has 0 bridgehead atoms. The predicted molar refractivity (Wildman–Crippen MR) is 142 cm³/mol. The van der Waals surface area contributed by atoms with Gasteiger partial charge in [0, 0.05) is 56.4 Å². The van der Waals surface area contributed by atoms with Crippen LogP contribution in [0.25, 0.3) is 11.1 Å². The van der Waals surface area contributed by atoms with Crippen molar-refractivity contribution in [3.8, 4) is 11.1 Å². The van der Waals surface area contributed by atoms with Crippen molar-refractivity contribution in [2.75, 3.05) is 25.5 Å². The first-order valence-corrected chi connectivity index (χ1v) is 13.0. The summed E-state index contributed by atoms with van der Waals surface area (Å²) in [7, 11) is 1.53. The van der Waals surface area contributed by atoms with E-state index in [1.54, 1.807) is 30.3 Å². The van der Waals surface area contributed by atoms with Crippen molar-refractivity contribution in [2.24, 2.45) is 0 Å². The number of carbonyl (C=O) groups excluding carboxylic acids is 6. The van der Waals surface area contributed by atoms with Crippen LogP contribution in [0.2, 0.25) is 0 Å². The third-order valence-electron chi connectivity index (χ3n) is 6.64. The van der Waals surface area contributed by atoms with Crippen molar-refractivity contribution in [3.63, 3.8) is 0 Å². The van der Waals surface area contributed by atoms with Gasteiger partial charge in [0.2, 0.25) is 11.8 Å². The molecule has 40 heavy (non-hydrogen) atoms. The first-order chi connectivity index (χ1) is 19.2. The van der Waals surface area contributed by atoms with Gasteiger partial charge >= 0.3 is 6.16 Å². The van der Waals surface area contributed by atoms with Gasteiger partial charge in [0.1, 0.15) is 6.61 Å². The molecule has 2 aromatic rings. The normalized spacial score (nSPS) is 15.2. The maximum absolute atomic E-state index is 12.6. The minimum Gasteiger partial charge on any atom is -0.432 e. The summed E-state index contributed by atoms with van der Waals surface area (Å²) in [5.74, 6) is -2.44. The fourth-order valence-electron chi connectivity index (χ4n) is 4.82. The first kappa shape index (κ1) is 28.3. The number of hydroxylamine groups is 2. The van der Waals surface area contributed by atoms with E-state index in [0.717, 1.165) is 11.1 Å². The zero-order chi connectivity index (χ0) is 28.8. The number of carbonyl (C=O) groups is 6. The third-order valence-corrected chi connectivity index (χ3v) is 6.64. The number of nitrogens with zero attached hydrogens (tertiary/aromatic N) is 1. The molecule has 0 aromatic heterocycles. The summed E-state index contributed by atoms with van der Waals surface area (Å²) in [6.07, 6.45) is -0.507. The van der Waals surface area contributed by atoms with Gasteiger partial charge in [0.15, 0.2) is 0 Å². The van der Waals surface area contributed by atoms with Gasteiger partial charge in [0.05, 0.1) is 0 Å². The summed E-state index contributed by atoms with van der Waals surface area (Å²) in [6, 6.07) is 10.5. The van der Waals surface area contributed by atoms with Gasteiger partial charge in [-0.3, -0.25) is 28.8 Å². The molecule has 2 aromatic carbocycles. The van der Waals surface area contributed by atoms with Crippen LogP contribution >= 0.6 is 0 Å². The van der Waals surface area contributed by atoms with Crippen LogP contribution in [0, 0.1) is 0 Å². The Labute approximate surface area is 230 Å². The molecule has 1 heterocycles. The molecule has 1 atom stereocenters. The largest absolute Gasteiger partial charge is 0.533 e. The second kappa shape index (κ2) is 12.4. The summed E-state index contributed by atoms with van der Waals surface area (Å²) < 4.78 is 5.31. The molecule has 210 valence electrons. The molecule has 5 amide bonds. The van der Waals surface area contributed by atoms with Gasteiger partial charge in [-0.15, -0.1) is 0 Å². The summed E-state index contributed by atoms with van der Waals surface area (Å²) in [5.41, 5.74) is 3.76. The van der Waals surface area contributed by atoms with E-state index in [0.29, 0.717) is 40.4 Å². The van der Waals surface area contributed by atoms with Gasteiger partial charge in [-0.1, -0.05) is 23.3 Å². The third kappa shape index (κ3) is 6.11. The number of nitrogens with one attached hydrogen (secondary N) is 3. The van der Waals surface area contributed by atoms with Gasteiger partial charge < -0.3 is 20.7 Å². The fourth-order valence-corrected chi connectivity index (χ4v) is 4.82. The highest BCUT2D eigenvalue weighted by atomic mass is 16.8. The van der Waals surface area contributed by atoms with Gasteiger partial charge in [-0.05, 0) is 53.8 Å². The Morgan fingerprint density at radius 1 is 0.975 bits per heavy atom. The molecule has 3 N–H and O–H groups in total. The van der Waals surface area contributed by atoms with E-state index in [2.05, 4.69) is 16.0 Å². The van der Waals surface area contributed by atoms with Crippen molar-refractivity contribution < 1.29 is 38.3 Å². The van der Waals surface area contributed by atoms with Crippen molar-refractivity contribution in [1.29, 1.82) is 0 Å². The second-order valence-corrected chi connectivity index (χ2v) is 9.29. The molecule has 1 fully saturated rings. The molecule has 1 unspecified atom stereocenters. The summed E-state index contributed by atoms with van der Waals surface area (Å²) in [5, 5.41) is 8.56. The Hall–Kier alpha value is -4.74. The summed E-state index contributed by atoms with van der Waals surface area (Å²) in [4.78, 5) is 77.5. The molecule has 12 nitrogen and oxygen atoms in total. The lowest BCUT2D eigenvalue weighted by Crippen LogP contribution is -2.32. The molecule has 0 spiro atoms. The quantitative estimate of drug-likeness (QED) is 0.301. The lowest BCUT2D eigenvalue weighted by molar-refractivity contribution is -0.177. The molecule has 1 aliphatic carbocycles. The highest BCUT2D eigenvalue weighted by Crippen LogP contribution is 2.47. The molecule has 0 radical (unpaired) electrons. The SMILES string of the molecule is CCNC(=O)CCCC(=O)Nc1ccc2c(c1)C(COC(=O)ON1C(=O)CCC1=O)c1cccc(C(=O)NC)c1-2. The predicted octanol–water partition coefficient (Wildman–Crippen LogP) is 2.62. The Bertz CT molecular complexity index is 1360. The maximum atomic E-state index is 12.6. The Morgan fingerprint density at radius 2 is 1.70 bits per heavy atom. The standard InChI is InChI=1S/C28H30N4O8/c1-3-30-22(33)8-5-9-23(34)31-16-10-11-18-20(14-16)21(17-6-4-7-19(26(17)18)27(37)29-2)15-39-28(38)40-32-24(35)12-13-25(32)36/h4,6-7,10-11,14,21H,3,5,8-9,12-13,15H2,1-2H3,(H,29,37)(H,30,33)(H,31,34). The molecule has 4 rings (SSSR count). The van der Waals surface area contributed by atoms with Crippen molar-refractivity contribution in [2.45, 2.75) is 44.9 Å².